The molecule has 27 heavy (non-hydrogen) atoms. The minimum Gasteiger partial charge on any atom is -0.319 e. The van der Waals surface area contributed by atoms with Gasteiger partial charge in [0.1, 0.15) is 0 Å². The van der Waals surface area contributed by atoms with Crippen LogP contribution in [-0.2, 0) is 16.6 Å². The summed E-state index contributed by atoms with van der Waals surface area (Å²) in [5.41, 5.74) is 1.88. The Morgan fingerprint density at radius 2 is 1.74 bits per heavy atom. The highest BCUT2D eigenvalue weighted by atomic mass is 79.9. The molecule has 1 aliphatic heterocycles. The number of hydrogen-bond donors (Lipinski definition) is 0. The van der Waals surface area contributed by atoms with Gasteiger partial charge in [-0.05, 0) is 42.5 Å². The molecule has 1 saturated heterocycles. The SMILES string of the molecule is Cn1c(=NC(=O)c2ccc(N3C(=O)CCC3=O)cc2)sc2cc(Br)ccc21. The van der Waals surface area contributed by atoms with Gasteiger partial charge in [0.05, 0.1) is 15.9 Å². The normalized spacial score (nSPS) is 15.2. The second kappa shape index (κ2) is 6.86. The van der Waals surface area contributed by atoms with E-state index < -0.39 is 0 Å². The number of carbonyl (C=O) groups is 3. The lowest BCUT2D eigenvalue weighted by atomic mass is 10.2. The molecule has 0 unspecified atom stereocenters. The van der Waals surface area contributed by atoms with E-state index in [0.717, 1.165) is 19.6 Å². The number of fused-ring (bicyclic) bond motifs is 1. The number of aryl methyl sites for hydroxylation is 1. The Labute approximate surface area is 166 Å². The molecule has 0 spiro atoms. The molecule has 2 aromatic carbocycles. The van der Waals surface area contributed by atoms with Crippen LogP contribution in [0.1, 0.15) is 23.2 Å². The first-order valence-electron chi connectivity index (χ1n) is 8.24. The molecule has 1 aromatic heterocycles. The van der Waals surface area contributed by atoms with Crippen molar-refractivity contribution in [3.05, 3.63) is 57.3 Å². The van der Waals surface area contributed by atoms with E-state index in [4.69, 9.17) is 0 Å². The van der Waals surface area contributed by atoms with Gasteiger partial charge in [0.15, 0.2) is 4.80 Å². The summed E-state index contributed by atoms with van der Waals surface area (Å²) in [4.78, 5) is 42.1. The van der Waals surface area contributed by atoms with E-state index >= 15 is 0 Å². The minimum atomic E-state index is -0.373. The molecular weight excluding hydrogens is 430 g/mol. The smallest absolute Gasteiger partial charge is 0.279 e. The molecule has 0 bridgehead atoms. The summed E-state index contributed by atoms with van der Waals surface area (Å²) in [6.45, 7) is 0. The molecule has 4 rings (SSSR count). The first-order chi connectivity index (χ1) is 12.9. The summed E-state index contributed by atoms with van der Waals surface area (Å²) in [5.74, 6) is -0.804. The van der Waals surface area contributed by atoms with E-state index in [9.17, 15) is 14.4 Å². The molecule has 3 aromatic rings. The largest absolute Gasteiger partial charge is 0.319 e. The van der Waals surface area contributed by atoms with E-state index in [2.05, 4.69) is 20.9 Å². The van der Waals surface area contributed by atoms with Crippen molar-refractivity contribution >= 4 is 60.9 Å². The Balaban J connectivity index is 1.65. The number of halogens is 1. The first kappa shape index (κ1) is 17.8. The quantitative estimate of drug-likeness (QED) is 0.569. The fourth-order valence-electron chi connectivity index (χ4n) is 2.98. The maximum atomic E-state index is 12.5. The van der Waals surface area contributed by atoms with Gasteiger partial charge in [-0.1, -0.05) is 27.3 Å². The maximum absolute atomic E-state index is 12.5. The minimum absolute atomic E-state index is 0.216. The zero-order valence-corrected chi connectivity index (χ0v) is 16.7. The fourth-order valence-corrected chi connectivity index (χ4v) is 4.55. The molecule has 2 heterocycles. The zero-order chi connectivity index (χ0) is 19.1. The van der Waals surface area contributed by atoms with E-state index in [0.29, 0.717) is 16.1 Å². The highest BCUT2D eigenvalue weighted by Gasteiger charge is 2.30. The summed E-state index contributed by atoms with van der Waals surface area (Å²) in [6.07, 6.45) is 0.459. The van der Waals surface area contributed by atoms with Gasteiger partial charge < -0.3 is 4.57 Å². The number of nitrogens with zero attached hydrogens (tertiary/aromatic N) is 3. The third-order valence-electron chi connectivity index (χ3n) is 4.39. The van der Waals surface area contributed by atoms with Crippen molar-refractivity contribution in [3.63, 3.8) is 0 Å². The molecule has 6 nitrogen and oxygen atoms in total. The molecule has 0 radical (unpaired) electrons. The summed E-state index contributed by atoms with van der Waals surface area (Å²) in [5, 5.41) is 0. The van der Waals surface area contributed by atoms with Crippen LogP contribution in [0.5, 0.6) is 0 Å². The van der Waals surface area contributed by atoms with Gasteiger partial charge in [-0.3, -0.25) is 19.3 Å². The molecule has 0 aliphatic carbocycles. The van der Waals surface area contributed by atoms with Crippen LogP contribution in [0.25, 0.3) is 10.2 Å². The Morgan fingerprint density at radius 3 is 2.41 bits per heavy atom. The third-order valence-corrected chi connectivity index (χ3v) is 5.98. The van der Waals surface area contributed by atoms with Crippen LogP contribution in [-0.4, -0.2) is 22.3 Å². The predicted octanol–water partition coefficient (Wildman–Crippen LogP) is 3.40. The molecule has 0 N–H and O–H groups in total. The number of carbonyl (C=O) groups excluding carboxylic acids is 3. The van der Waals surface area contributed by atoms with Crippen molar-refractivity contribution in [3.8, 4) is 0 Å². The number of hydrogen-bond acceptors (Lipinski definition) is 4. The van der Waals surface area contributed by atoms with Crippen molar-refractivity contribution in [2.45, 2.75) is 12.8 Å². The van der Waals surface area contributed by atoms with E-state index in [-0.39, 0.29) is 30.6 Å². The van der Waals surface area contributed by atoms with Gasteiger partial charge in [-0.15, -0.1) is 0 Å². The lowest BCUT2D eigenvalue weighted by Gasteiger charge is -2.13. The van der Waals surface area contributed by atoms with Crippen molar-refractivity contribution in [1.29, 1.82) is 0 Å². The van der Waals surface area contributed by atoms with Crippen LogP contribution in [0.4, 0.5) is 5.69 Å². The number of benzene rings is 2. The lowest BCUT2D eigenvalue weighted by Crippen LogP contribution is -2.28. The summed E-state index contributed by atoms with van der Waals surface area (Å²) < 4.78 is 3.87. The molecule has 1 fully saturated rings. The monoisotopic (exact) mass is 443 g/mol. The average molecular weight is 444 g/mol. The summed E-state index contributed by atoms with van der Waals surface area (Å²) in [6, 6.07) is 12.3. The van der Waals surface area contributed by atoms with Gasteiger partial charge in [-0.2, -0.15) is 4.99 Å². The van der Waals surface area contributed by atoms with Crippen LogP contribution in [0.3, 0.4) is 0 Å². The first-order valence-corrected chi connectivity index (χ1v) is 9.85. The van der Waals surface area contributed by atoms with Crippen LogP contribution in [0, 0.1) is 0 Å². The second-order valence-electron chi connectivity index (χ2n) is 6.14. The summed E-state index contributed by atoms with van der Waals surface area (Å²) >= 11 is 4.88. The predicted molar refractivity (Wildman–Crippen MR) is 107 cm³/mol. The van der Waals surface area contributed by atoms with Gasteiger partial charge in [0.2, 0.25) is 11.8 Å². The fraction of sp³-hybridized carbons (Fsp3) is 0.158. The van der Waals surface area contributed by atoms with Crippen LogP contribution in [0.2, 0.25) is 0 Å². The molecule has 0 atom stereocenters. The number of aromatic nitrogens is 1. The molecule has 1 aliphatic rings. The number of rotatable bonds is 2. The Bertz CT molecular complexity index is 1150. The summed E-state index contributed by atoms with van der Waals surface area (Å²) in [7, 11) is 1.87. The highest BCUT2D eigenvalue weighted by molar-refractivity contribution is 9.10. The van der Waals surface area contributed by atoms with Gasteiger partial charge in [0.25, 0.3) is 5.91 Å². The number of imide groups is 1. The molecular formula is C19H14BrN3O3S. The van der Waals surface area contributed by atoms with Gasteiger partial charge in [-0.25, -0.2) is 0 Å². The van der Waals surface area contributed by atoms with E-state index in [1.165, 1.54) is 11.3 Å². The molecule has 136 valence electrons. The van der Waals surface area contributed by atoms with Crippen LogP contribution >= 0.6 is 27.3 Å². The van der Waals surface area contributed by atoms with Crippen molar-refractivity contribution < 1.29 is 14.4 Å². The molecule has 3 amide bonds. The van der Waals surface area contributed by atoms with Crippen molar-refractivity contribution in [1.82, 2.24) is 4.57 Å². The highest BCUT2D eigenvalue weighted by Crippen LogP contribution is 2.23. The van der Waals surface area contributed by atoms with Crippen molar-refractivity contribution in [2.75, 3.05) is 4.90 Å². The topological polar surface area (TPSA) is 71.7 Å². The third kappa shape index (κ3) is 3.26. The average Bonchev–Trinajstić information content (AvgIpc) is 3.14. The number of anilines is 1. The molecule has 8 heteroatoms. The molecule has 0 saturated carbocycles. The maximum Gasteiger partial charge on any atom is 0.279 e. The Morgan fingerprint density at radius 1 is 1.07 bits per heavy atom. The van der Waals surface area contributed by atoms with E-state index in [1.807, 2.05) is 29.8 Å². The van der Waals surface area contributed by atoms with Gasteiger partial charge >= 0.3 is 0 Å². The van der Waals surface area contributed by atoms with Crippen LogP contribution in [0.15, 0.2) is 51.9 Å². The zero-order valence-electron chi connectivity index (χ0n) is 14.3. The van der Waals surface area contributed by atoms with Gasteiger partial charge in [0, 0.05) is 29.9 Å². The standard InChI is InChI=1S/C19H14BrN3O3S/c1-22-14-7-4-12(20)10-15(14)27-19(22)21-18(26)11-2-5-13(6-3-11)23-16(24)8-9-17(23)25/h2-7,10H,8-9H2,1H3. The lowest BCUT2D eigenvalue weighted by molar-refractivity contribution is -0.121. The van der Waals surface area contributed by atoms with Crippen molar-refractivity contribution in [2.24, 2.45) is 12.0 Å². The van der Waals surface area contributed by atoms with E-state index in [1.54, 1.807) is 24.3 Å². The Kier molecular flexibility index (Phi) is 4.53. The number of thiazole rings is 1. The number of amides is 3. The second-order valence-corrected chi connectivity index (χ2v) is 8.07. The van der Waals surface area contributed by atoms with Crippen LogP contribution < -0.4 is 9.70 Å². The Hall–Kier alpha value is -2.58.